The number of alkyl halides is 3. The lowest BCUT2D eigenvalue weighted by Crippen LogP contribution is -2.64. The molecule has 0 aliphatic rings. The van der Waals surface area contributed by atoms with E-state index in [0.717, 1.165) is 0 Å². The highest BCUT2D eigenvalue weighted by Crippen LogP contribution is 2.32. The van der Waals surface area contributed by atoms with Crippen molar-refractivity contribution < 1.29 is 32.2 Å². The highest BCUT2D eigenvalue weighted by atomic mass is 28.3. The van der Waals surface area contributed by atoms with E-state index >= 15 is 0 Å². The van der Waals surface area contributed by atoms with E-state index in [1.54, 1.807) is 35.6 Å². The normalized spacial score (nSPS) is 13.5. The molecule has 28 heavy (non-hydrogen) atoms. The summed E-state index contributed by atoms with van der Waals surface area (Å²) in [4.78, 5) is 24.2. The predicted molar refractivity (Wildman–Crippen MR) is 101 cm³/mol. The monoisotopic (exact) mass is 415 g/mol. The highest BCUT2D eigenvalue weighted by molar-refractivity contribution is 6.76. The van der Waals surface area contributed by atoms with Crippen molar-refractivity contribution in [2.45, 2.75) is 50.9 Å². The SMILES string of the molecule is CCOC(=O)[C@](C#CC[Si](C)(C)C)(NC(=O)OCc1ccccc1)C(F)(F)F. The zero-order chi connectivity index (χ0) is 21.4. The van der Waals surface area contributed by atoms with Gasteiger partial charge in [0.1, 0.15) is 6.61 Å². The number of rotatable bonds is 6. The van der Waals surface area contributed by atoms with E-state index in [1.165, 1.54) is 6.92 Å². The first-order valence-corrected chi connectivity index (χ1v) is 12.3. The Balaban J connectivity index is 3.12. The van der Waals surface area contributed by atoms with Gasteiger partial charge in [0.15, 0.2) is 0 Å². The first kappa shape index (κ1) is 23.6. The quantitative estimate of drug-likeness (QED) is 0.431. The lowest BCUT2D eigenvalue weighted by atomic mass is 10.00. The molecule has 0 aromatic heterocycles. The van der Waals surface area contributed by atoms with Crippen LogP contribution in [0.5, 0.6) is 0 Å². The van der Waals surface area contributed by atoms with Crippen molar-refractivity contribution in [2.75, 3.05) is 6.61 Å². The summed E-state index contributed by atoms with van der Waals surface area (Å²) in [5.41, 5.74) is -2.91. The number of alkyl carbamates (subject to hydrolysis) is 1. The van der Waals surface area contributed by atoms with Gasteiger partial charge in [-0.3, -0.25) is 5.32 Å². The maximum Gasteiger partial charge on any atom is 0.434 e. The molecule has 0 spiro atoms. The van der Waals surface area contributed by atoms with Crippen molar-refractivity contribution in [3.63, 3.8) is 0 Å². The second-order valence-electron chi connectivity index (χ2n) is 7.19. The lowest BCUT2D eigenvalue weighted by molar-refractivity contribution is -0.198. The molecule has 1 aromatic carbocycles. The molecule has 0 aliphatic heterocycles. The van der Waals surface area contributed by atoms with Gasteiger partial charge in [0.2, 0.25) is 0 Å². The van der Waals surface area contributed by atoms with Crippen molar-refractivity contribution in [3.8, 4) is 11.8 Å². The zero-order valence-corrected chi connectivity index (χ0v) is 17.3. The summed E-state index contributed by atoms with van der Waals surface area (Å²) < 4.78 is 50.9. The molecule has 0 unspecified atom stereocenters. The average Bonchev–Trinajstić information content (AvgIpc) is 2.58. The van der Waals surface area contributed by atoms with Gasteiger partial charge >= 0.3 is 18.2 Å². The molecule has 0 radical (unpaired) electrons. The fraction of sp³-hybridized carbons (Fsp3) is 0.474. The smallest absolute Gasteiger partial charge is 0.434 e. The second-order valence-corrected chi connectivity index (χ2v) is 12.7. The number of halogens is 3. The van der Waals surface area contributed by atoms with Gasteiger partial charge in [-0.05, 0) is 12.5 Å². The summed E-state index contributed by atoms with van der Waals surface area (Å²) in [6.07, 6.45) is -6.62. The summed E-state index contributed by atoms with van der Waals surface area (Å²) in [5, 5.41) is 1.59. The molecule has 0 bridgehead atoms. The number of carbonyl (C=O) groups excluding carboxylic acids is 2. The van der Waals surface area contributed by atoms with Crippen molar-refractivity contribution in [3.05, 3.63) is 35.9 Å². The van der Waals surface area contributed by atoms with Crippen LogP contribution in [0.2, 0.25) is 25.7 Å². The number of amides is 1. The second kappa shape index (κ2) is 9.64. The molecule has 1 aromatic rings. The molecule has 9 heteroatoms. The molecule has 154 valence electrons. The number of nitrogens with one attached hydrogen (secondary N) is 1. The zero-order valence-electron chi connectivity index (χ0n) is 16.3. The molecule has 1 N–H and O–H groups in total. The molecular weight excluding hydrogens is 391 g/mol. The minimum atomic E-state index is -5.20. The Bertz CT molecular complexity index is 736. The van der Waals surface area contributed by atoms with Gasteiger partial charge in [-0.25, -0.2) is 9.59 Å². The van der Waals surface area contributed by atoms with Crippen molar-refractivity contribution in [1.82, 2.24) is 5.32 Å². The maximum absolute atomic E-state index is 13.8. The van der Waals surface area contributed by atoms with Crippen LogP contribution >= 0.6 is 0 Å². The van der Waals surface area contributed by atoms with E-state index in [2.05, 4.69) is 10.7 Å². The molecule has 0 heterocycles. The van der Waals surface area contributed by atoms with E-state index in [4.69, 9.17) is 4.74 Å². The van der Waals surface area contributed by atoms with Crippen LogP contribution in [0.3, 0.4) is 0 Å². The largest absolute Gasteiger partial charge is 0.463 e. The third kappa shape index (κ3) is 6.92. The van der Waals surface area contributed by atoms with Crippen LogP contribution in [0.25, 0.3) is 0 Å². The van der Waals surface area contributed by atoms with Gasteiger partial charge < -0.3 is 9.47 Å². The van der Waals surface area contributed by atoms with Gasteiger partial charge in [-0.1, -0.05) is 55.9 Å². The van der Waals surface area contributed by atoms with Crippen molar-refractivity contribution in [1.29, 1.82) is 0 Å². The van der Waals surface area contributed by atoms with Crippen LogP contribution in [-0.2, 0) is 20.9 Å². The molecule has 0 fully saturated rings. The molecule has 0 aliphatic carbocycles. The number of ether oxygens (including phenoxy) is 2. The Hall–Kier alpha value is -2.47. The number of hydrogen-bond donors (Lipinski definition) is 1. The summed E-state index contributed by atoms with van der Waals surface area (Å²) in [5.74, 6) is 2.64. The first-order chi connectivity index (χ1) is 12.9. The van der Waals surface area contributed by atoms with Crippen LogP contribution < -0.4 is 5.32 Å². The van der Waals surface area contributed by atoms with Crippen LogP contribution in [0.4, 0.5) is 18.0 Å². The average molecular weight is 415 g/mol. The highest BCUT2D eigenvalue weighted by Gasteiger charge is 2.63. The Morgan fingerprint density at radius 1 is 1.11 bits per heavy atom. The Kier molecular flexibility index (Phi) is 8.11. The summed E-state index contributed by atoms with van der Waals surface area (Å²) in [6, 6.07) is 8.62. The van der Waals surface area contributed by atoms with Gasteiger partial charge in [0.05, 0.1) is 14.7 Å². The van der Waals surface area contributed by atoms with Gasteiger partial charge in [0.25, 0.3) is 5.54 Å². The van der Waals surface area contributed by atoms with E-state index < -0.39 is 31.9 Å². The molecule has 0 saturated carbocycles. The third-order valence-corrected chi connectivity index (χ3v) is 4.64. The number of hydrogen-bond acceptors (Lipinski definition) is 4. The van der Waals surface area contributed by atoms with E-state index in [9.17, 15) is 22.8 Å². The van der Waals surface area contributed by atoms with Crippen LogP contribution in [0, 0.1) is 11.8 Å². The summed E-state index contributed by atoms with van der Waals surface area (Å²) in [7, 11) is -1.81. The van der Waals surface area contributed by atoms with Gasteiger partial charge in [0, 0.05) is 6.04 Å². The molecule has 0 saturated heterocycles. The Morgan fingerprint density at radius 2 is 1.71 bits per heavy atom. The molecule has 1 atom stereocenters. The number of benzene rings is 1. The molecule has 1 rings (SSSR count). The lowest BCUT2D eigenvalue weighted by Gasteiger charge is -2.29. The molecule has 5 nitrogen and oxygen atoms in total. The van der Waals surface area contributed by atoms with E-state index in [-0.39, 0.29) is 19.3 Å². The van der Waals surface area contributed by atoms with Gasteiger partial charge in [-0.15, -0.1) is 5.92 Å². The first-order valence-electron chi connectivity index (χ1n) is 8.64. The predicted octanol–water partition coefficient (Wildman–Crippen LogP) is 4.12. The Labute approximate surface area is 163 Å². The molecule has 1 amide bonds. The fourth-order valence-electron chi connectivity index (χ4n) is 1.98. The Morgan fingerprint density at radius 3 is 2.21 bits per heavy atom. The van der Waals surface area contributed by atoms with Crippen LogP contribution in [0.15, 0.2) is 30.3 Å². The topological polar surface area (TPSA) is 64.6 Å². The minimum Gasteiger partial charge on any atom is -0.463 e. The fourth-order valence-corrected chi connectivity index (χ4v) is 2.60. The molecular formula is C19H24F3NO4Si. The minimum absolute atomic E-state index is 0.213. The van der Waals surface area contributed by atoms with Crippen molar-refractivity contribution in [2.24, 2.45) is 0 Å². The van der Waals surface area contributed by atoms with E-state index in [0.29, 0.717) is 5.56 Å². The number of esters is 1. The summed E-state index contributed by atoms with van der Waals surface area (Å²) in [6.45, 7) is 6.57. The van der Waals surface area contributed by atoms with Crippen LogP contribution in [-0.4, -0.2) is 38.5 Å². The van der Waals surface area contributed by atoms with Crippen LogP contribution in [0.1, 0.15) is 12.5 Å². The standard InChI is InChI=1S/C19H24F3NO4Si/c1-5-26-16(24)18(19(20,21)22,12-9-13-28(2,3)4)23-17(25)27-14-15-10-7-6-8-11-15/h6-8,10-11H,5,13-14H2,1-4H3,(H,23,25)/t18-/m0/s1. The van der Waals surface area contributed by atoms with Crippen molar-refractivity contribution >= 4 is 20.1 Å². The summed E-state index contributed by atoms with van der Waals surface area (Å²) >= 11 is 0. The van der Waals surface area contributed by atoms with Gasteiger partial charge in [-0.2, -0.15) is 13.2 Å². The number of carbonyl (C=O) groups is 2. The van der Waals surface area contributed by atoms with E-state index in [1.807, 2.05) is 25.6 Å². The third-order valence-electron chi connectivity index (χ3n) is 3.40. The maximum atomic E-state index is 13.8.